The maximum Gasteiger partial charge on any atom is 0.0802 e. The highest BCUT2D eigenvalue weighted by Crippen LogP contribution is 2.19. The van der Waals surface area contributed by atoms with Crippen LogP contribution in [-0.2, 0) is 0 Å². The van der Waals surface area contributed by atoms with Crippen molar-refractivity contribution in [2.75, 3.05) is 39.3 Å². The second kappa shape index (κ2) is 8.14. The van der Waals surface area contributed by atoms with Gasteiger partial charge in [-0.3, -0.25) is 0 Å². The molecular formula is C17H27ClN2O. The van der Waals surface area contributed by atoms with E-state index in [9.17, 15) is 5.11 Å². The van der Waals surface area contributed by atoms with Crippen molar-refractivity contribution in [2.45, 2.75) is 26.4 Å². The fourth-order valence-electron chi connectivity index (χ4n) is 2.87. The quantitative estimate of drug-likeness (QED) is 0.875. The fraction of sp³-hybridized carbons (Fsp3) is 0.647. The van der Waals surface area contributed by atoms with Gasteiger partial charge in [-0.15, -0.1) is 0 Å². The van der Waals surface area contributed by atoms with Crippen molar-refractivity contribution in [2.24, 2.45) is 5.92 Å². The van der Waals surface area contributed by atoms with Gasteiger partial charge in [-0.2, -0.15) is 0 Å². The minimum absolute atomic E-state index is 0.393. The van der Waals surface area contributed by atoms with Gasteiger partial charge in [0.05, 0.1) is 6.10 Å². The molecule has 0 spiro atoms. The van der Waals surface area contributed by atoms with E-state index in [1.807, 2.05) is 24.3 Å². The fourth-order valence-corrected chi connectivity index (χ4v) is 2.99. The summed E-state index contributed by atoms with van der Waals surface area (Å²) in [7, 11) is 0. The van der Waals surface area contributed by atoms with Crippen LogP contribution in [0.25, 0.3) is 0 Å². The van der Waals surface area contributed by atoms with E-state index in [4.69, 9.17) is 11.6 Å². The highest BCUT2D eigenvalue weighted by atomic mass is 35.5. The monoisotopic (exact) mass is 310 g/mol. The van der Waals surface area contributed by atoms with Crippen LogP contribution >= 0.6 is 11.6 Å². The van der Waals surface area contributed by atoms with Crippen LogP contribution in [0, 0.1) is 5.92 Å². The molecule has 2 rings (SSSR count). The van der Waals surface area contributed by atoms with Crippen LogP contribution in [0.15, 0.2) is 24.3 Å². The second-order valence-electron chi connectivity index (χ2n) is 6.39. The molecule has 1 saturated heterocycles. The average Bonchev–Trinajstić information content (AvgIpc) is 2.46. The number of halogens is 1. The molecule has 0 aliphatic carbocycles. The lowest BCUT2D eigenvalue weighted by atomic mass is 10.1. The van der Waals surface area contributed by atoms with Gasteiger partial charge in [-0.25, -0.2) is 0 Å². The van der Waals surface area contributed by atoms with Crippen molar-refractivity contribution in [1.82, 2.24) is 9.80 Å². The van der Waals surface area contributed by atoms with E-state index in [-0.39, 0.29) is 0 Å². The van der Waals surface area contributed by atoms with E-state index in [1.165, 1.54) is 6.54 Å². The lowest BCUT2D eigenvalue weighted by Crippen LogP contribution is -2.47. The standard InChI is InChI=1S/C17H27ClN2O/c1-14(2)13-20-11-9-19(10-12-20)8-7-17(21)15-3-5-16(18)6-4-15/h3-6,14,17,21H,7-13H2,1-2H3. The topological polar surface area (TPSA) is 26.7 Å². The highest BCUT2D eigenvalue weighted by Gasteiger charge is 2.18. The molecule has 1 fully saturated rings. The molecular weight excluding hydrogens is 284 g/mol. The Hall–Kier alpha value is -0.610. The summed E-state index contributed by atoms with van der Waals surface area (Å²) in [5.74, 6) is 0.739. The molecule has 4 heteroatoms. The number of hydrogen-bond donors (Lipinski definition) is 1. The van der Waals surface area contributed by atoms with E-state index in [0.717, 1.165) is 50.6 Å². The molecule has 1 aromatic carbocycles. The van der Waals surface area contributed by atoms with Gasteiger partial charge in [0.1, 0.15) is 0 Å². The van der Waals surface area contributed by atoms with Crippen molar-refractivity contribution in [3.8, 4) is 0 Å². The maximum absolute atomic E-state index is 10.2. The smallest absolute Gasteiger partial charge is 0.0802 e. The zero-order valence-electron chi connectivity index (χ0n) is 13.1. The van der Waals surface area contributed by atoms with Gasteiger partial charge in [0.15, 0.2) is 0 Å². The molecule has 0 bridgehead atoms. The molecule has 1 atom stereocenters. The number of piperazine rings is 1. The number of aliphatic hydroxyl groups excluding tert-OH is 1. The summed E-state index contributed by atoms with van der Waals surface area (Å²) in [6.07, 6.45) is 0.391. The Kier molecular flexibility index (Phi) is 6.49. The Morgan fingerprint density at radius 1 is 1.05 bits per heavy atom. The van der Waals surface area contributed by atoms with Crippen molar-refractivity contribution < 1.29 is 5.11 Å². The third-order valence-corrected chi connectivity index (χ3v) is 4.31. The SMILES string of the molecule is CC(C)CN1CCN(CCC(O)c2ccc(Cl)cc2)CC1. The third-order valence-electron chi connectivity index (χ3n) is 4.06. The minimum Gasteiger partial charge on any atom is -0.388 e. The summed E-state index contributed by atoms with van der Waals surface area (Å²) < 4.78 is 0. The number of nitrogens with zero attached hydrogens (tertiary/aromatic N) is 2. The summed E-state index contributed by atoms with van der Waals surface area (Å²) in [6.45, 7) is 11.2. The average molecular weight is 311 g/mol. The summed E-state index contributed by atoms with van der Waals surface area (Å²) in [5, 5.41) is 10.9. The molecule has 0 saturated carbocycles. The van der Waals surface area contributed by atoms with Gasteiger partial charge in [0, 0.05) is 44.3 Å². The van der Waals surface area contributed by atoms with E-state index >= 15 is 0 Å². The molecule has 0 radical (unpaired) electrons. The zero-order chi connectivity index (χ0) is 15.2. The molecule has 0 amide bonds. The third kappa shape index (κ3) is 5.59. The van der Waals surface area contributed by atoms with Gasteiger partial charge >= 0.3 is 0 Å². The largest absolute Gasteiger partial charge is 0.388 e. The van der Waals surface area contributed by atoms with Crippen molar-refractivity contribution in [3.63, 3.8) is 0 Å². The number of hydrogen-bond acceptors (Lipinski definition) is 3. The predicted molar refractivity (Wildman–Crippen MR) is 88.7 cm³/mol. The Balaban J connectivity index is 1.70. The molecule has 0 aromatic heterocycles. The van der Waals surface area contributed by atoms with E-state index in [1.54, 1.807) is 0 Å². The Labute approximate surface area is 133 Å². The summed E-state index contributed by atoms with van der Waals surface area (Å²) in [6, 6.07) is 7.50. The Morgan fingerprint density at radius 2 is 1.62 bits per heavy atom. The molecule has 1 aliphatic heterocycles. The molecule has 21 heavy (non-hydrogen) atoms. The van der Waals surface area contributed by atoms with Crippen molar-refractivity contribution in [3.05, 3.63) is 34.9 Å². The number of aliphatic hydroxyl groups is 1. The van der Waals surface area contributed by atoms with Crippen LogP contribution in [0.1, 0.15) is 31.9 Å². The van der Waals surface area contributed by atoms with E-state index in [2.05, 4.69) is 23.6 Å². The minimum atomic E-state index is -0.393. The summed E-state index contributed by atoms with van der Waals surface area (Å²) in [5.41, 5.74) is 0.956. The molecule has 1 heterocycles. The Bertz CT molecular complexity index is 413. The molecule has 1 N–H and O–H groups in total. The van der Waals surface area contributed by atoms with Gasteiger partial charge in [-0.05, 0) is 30.0 Å². The zero-order valence-corrected chi connectivity index (χ0v) is 13.9. The van der Waals surface area contributed by atoms with Crippen LogP contribution in [0.4, 0.5) is 0 Å². The van der Waals surface area contributed by atoms with Crippen molar-refractivity contribution in [1.29, 1.82) is 0 Å². The maximum atomic E-state index is 10.2. The normalized spacial score (nSPS) is 19.1. The van der Waals surface area contributed by atoms with Crippen LogP contribution in [0.3, 0.4) is 0 Å². The molecule has 1 aliphatic rings. The van der Waals surface area contributed by atoms with Crippen LogP contribution in [0.5, 0.6) is 0 Å². The summed E-state index contributed by atoms with van der Waals surface area (Å²) >= 11 is 5.87. The molecule has 1 aromatic rings. The van der Waals surface area contributed by atoms with Crippen LogP contribution in [-0.4, -0.2) is 54.2 Å². The van der Waals surface area contributed by atoms with Gasteiger partial charge in [0.2, 0.25) is 0 Å². The van der Waals surface area contributed by atoms with E-state index < -0.39 is 6.10 Å². The van der Waals surface area contributed by atoms with Gasteiger partial charge in [-0.1, -0.05) is 37.6 Å². The van der Waals surface area contributed by atoms with Crippen LogP contribution < -0.4 is 0 Å². The lowest BCUT2D eigenvalue weighted by Gasteiger charge is -2.35. The summed E-state index contributed by atoms with van der Waals surface area (Å²) in [4.78, 5) is 4.99. The molecule has 1 unspecified atom stereocenters. The van der Waals surface area contributed by atoms with Crippen LogP contribution in [0.2, 0.25) is 5.02 Å². The number of rotatable bonds is 6. The van der Waals surface area contributed by atoms with Gasteiger partial charge in [0.25, 0.3) is 0 Å². The molecule has 3 nitrogen and oxygen atoms in total. The second-order valence-corrected chi connectivity index (χ2v) is 6.83. The first-order chi connectivity index (χ1) is 10.0. The first kappa shape index (κ1) is 16.8. The predicted octanol–water partition coefficient (Wildman–Crippen LogP) is 3.04. The first-order valence-corrected chi connectivity index (χ1v) is 8.30. The number of benzene rings is 1. The van der Waals surface area contributed by atoms with E-state index in [0.29, 0.717) is 5.02 Å². The molecule has 118 valence electrons. The highest BCUT2D eigenvalue weighted by molar-refractivity contribution is 6.30. The van der Waals surface area contributed by atoms with Crippen molar-refractivity contribution >= 4 is 11.6 Å². The Morgan fingerprint density at radius 3 is 2.19 bits per heavy atom. The lowest BCUT2D eigenvalue weighted by molar-refractivity contribution is 0.0970. The first-order valence-electron chi connectivity index (χ1n) is 7.93. The van der Waals surface area contributed by atoms with Gasteiger partial charge < -0.3 is 14.9 Å².